The minimum Gasteiger partial charge on any atom is -0.489 e. The Kier molecular flexibility index (Phi) is 18.8. The summed E-state index contributed by atoms with van der Waals surface area (Å²) in [5, 5.41) is 10.2. The number of rotatable bonds is 24. The van der Waals surface area contributed by atoms with Gasteiger partial charge in [-0.2, -0.15) is 0 Å². The van der Waals surface area contributed by atoms with Crippen molar-refractivity contribution in [3.05, 3.63) is 17.2 Å². The molecular formula is C34H60O5. The van der Waals surface area contributed by atoms with Crippen LogP contribution in [0.4, 0.5) is 0 Å². The predicted octanol–water partition coefficient (Wildman–Crippen LogP) is 10.1. The maximum absolute atomic E-state index is 12.5. The topological polar surface area (TPSA) is 65.0 Å². The summed E-state index contributed by atoms with van der Waals surface area (Å²) in [4.78, 5) is 12.5. The molecule has 3 atom stereocenters. The number of hydrogen-bond donors (Lipinski definition) is 1. The van der Waals surface area contributed by atoms with Crippen LogP contribution in [0.5, 0.6) is 17.2 Å². The molecule has 0 heterocycles. The lowest BCUT2D eigenvalue weighted by atomic mass is 9.98. The summed E-state index contributed by atoms with van der Waals surface area (Å²) in [5.41, 5.74) is 1.01. The zero-order chi connectivity index (χ0) is 29.0. The number of hydrogen-bond acceptors (Lipinski definition) is 4. The molecule has 5 heteroatoms. The van der Waals surface area contributed by atoms with E-state index < -0.39 is 5.97 Å². The van der Waals surface area contributed by atoms with Gasteiger partial charge in [0, 0.05) is 5.56 Å². The van der Waals surface area contributed by atoms with Gasteiger partial charge in [-0.15, -0.1) is 0 Å². The molecule has 0 amide bonds. The molecule has 1 aromatic carbocycles. The summed E-state index contributed by atoms with van der Waals surface area (Å²) in [6.45, 7) is 17.0. The quantitative estimate of drug-likeness (QED) is 0.139. The summed E-state index contributed by atoms with van der Waals surface area (Å²) in [6.07, 6.45) is 14.9. The average molecular weight is 549 g/mol. The number of carboxylic acids is 1. The molecule has 0 aliphatic rings. The lowest BCUT2D eigenvalue weighted by Gasteiger charge is -2.25. The van der Waals surface area contributed by atoms with Crippen molar-refractivity contribution in [2.24, 2.45) is 17.8 Å². The van der Waals surface area contributed by atoms with E-state index >= 15 is 0 Å². The van der Waals surface area contributed by atoms with E-state index in [1.165, 1.54) is 25.7 Å². The Morgan fingerprint density at radius 3 is 1.49 bits per heavy atom. The molecule has 0 aliphatic carbocycles. The highest BCUT2D eigenvalue weighted by molar-refractivity contribution is 5.92. The van der Waals surface area contributed by atoms with E-state index in [0.29, 0.717) is 61.2 Å². The van der Waals surface area contributed by atoms with Gasteiger partial charge in [-0.3, -0.25) is 0 Å². The summed E-state index contributed by atoms with van der Waals surface area (Å²) in [5.74, 6) is 2.08. The number of unbranched alkanes of at least 4 members (excludes halogenated alkanes) is 3. The first-order chi connectivity index (χ1) is 18.9. The van der Waals surface area contributed by atoms with Gasteiger partial charge in [-0.1, -0.05) is 113 Å². The van der Waals surface area contributed by atoms with Crippen LogP contribution in [0.3, 0.4) is 0 Å². The van der Waals surface area contributed by atoms with Crippen molar-refractivity contribution < 1.29 is 24.1 Å². The fourth-order valence-electron chi connectivity index (χ4n) is 5.04. The standard InChI is InChI=1S/C34H60O5/c1-8-15-19-26(12-5)23-37-31-22-30(34(35)36)29(18-11-4)32(38-24-27(13-6)20-16-9-2)33(31)39-25-28(14-7)21-17-10-3/h22,26-28H,8-21,23-25H2,1-7H3,(H,35,36). The predicted molar refractivity (Wildman–Crippen MR) is 164 cm³/mol. The van der Waals surface area contributed by atoms with Gasteiger partial charge in [-0.25, -0.2) is 4.79 Å². The third-order valence-electron chi connectivity index (χ3n) is 8.07. The average Bonchev–Trinajstić information content (AvgIpc) is 2.94. The molecule has 0 fully saturated rings. The Labute approximate surface area is 240 Å². The lowest BCUT2D eigenvalue weighted by molar-refractivity contribution is 0.0693. The molecule has 0 aliphatic heterocycles. The largest absolute Gasteiger partial charge is 0.489 e. The van der Waals surface area contributed by atoms with Gasteiger partial charge in [0.25, 0.3) is 0 Å². The van der Waals surface area contributed by atoms with Crippen LogP contribution in [0.1, 0.15) is 148 Å². The second kappa shape index (κ2) is 20.9. The number of carbonyl (C=O) groups is 1. The van der Waals surface area contributed by atoms with Crippen LogP contribution < -0.4 is 14.2 Å². The maximum atomic E-state index is 12.5. The van der Waals surface area contributed by atoms with Crippen molar-refractivity contribution in [3.63, 3.8) is 0 Å². The van der Waals surface area contributed by atoms with Crippen molar-refractivity contribution in [3.8, 4) is 17.2 Å². The molecule has 0 saturated carbocycles. The molecule has 0 bridgehead atoms. The number of carboxylic acid groups (broad SMARTS) is 1. The second-order valence-electron chi connectivity index (χ2n) is 11.3. The molecule has 1 N–H and O–H groups in total. The van der Waals surface area contributed by atoms with Crippen molar-refractivity contribution >= 4 is 5.97 Å². The number of ether oxygens (including phenoxy) is 3. The first kappa shape index (κ1) is 35.1. The normalized spacial score (nSPS) is 13.6. The molecule has 3 unspecified atom stereocenters. The summed E-state index contributed by atoms with van der Waals surface area (Å²) in [7, 11) is 0. The Morgan fingerprint density at radius 1 is 0.667 bits per heavy atom. The maximum Gasteiger partial charge on any atom is 0.336 e. The van der Waals surface area contributed by atoms with Gasteiger partial charge in [-0.05, 0) is 49.5 Å². The molecule has 1 rings (SSSR count). The SMILES string of the molecule is CCCCC(CC)COc1cc(C(=O)O)c(CCC)c(OCC(CC)CCCC)c1OCC(CC)CCCC. The first-order valence-corrected chi connectivity index (χ1v) is 16.2. The highest BCUT2D eigenvalue weighted by atomic mass is 16.5. The Morgan fingerprint density at radius 2 is 1.10 bits per heavy atom. The van der Waals surface area contributed by atoms with Gasteiger partial charge in [0.1, 0.15) is 0 Å². The van der Waals surface area contributed by atoms with Crippen LogP contribution in [0, 0.1) is 17.8 Å². The van der Waals surface area contributed by atoms with Crippen LogP contribution in [0.2, 0.25) is 0 Å². The van der Waals surface area contributed by atoms with Crippen molar-refractivity contribution in [2.75, 3.05) is 19.8 Å². The molecule has 39 heavy (non-hydrogen) atoms. The van der Waals surface area contributed by atoms with E-state index in [-0.39, 0.29) is 5.56 Å². The van der Waals surface area contributed by atoms with Crippen LogP contribution in [-0.4, -0.2) is 30.9 Å². The number of benzene rings is 1. The van der Waals surface area contributed by atoms with E-state index in [0.717, 1.165) is 63.4 Å². The first-order valence-electron chi connectivity index (χ1n) is 16.2. The molecule has 226 valence electrons. The van der Waals surface area contributed by atoms with Crippen LogP contribution >= 0.6 is 0 Å². The third-order valence-corrected chi connectivity index (χ3v) is 8.07. The zero-order valence-electron chi connectivity index (χ0n) is 26.4. The van der Waals surface area contributed by atoms with Crippen LogP contribution in [0.15, 0.2) is 6.07 Å². The Balaban J connectivity index is 3.54. The lowest BCUT2D eigenvalue weighted by Crippen LogP contribution is -2.18. The van der Waals surface area contributed by atoms with E-state index in [1.54, 1.807) is 6.07 Å². The highest BCUT2D eigenvalue weighted by Crippen LogP contribution is 2.44. The monoisotopic (exact) mass is 548 g/mol. The van der Waals surface area contributed by atoms with E-state index in [1.807, 2.05) is 0 Å². The van der Waals surface area contributed by atoms with Crippen LogP contribution in [0.25, 0.3) is 0 Å². The highest BCUT2D eigenvalue weighted by Gasteiger charge is 2.27. The Hall–Kier alpha value is -1.91. The smallest absolute Gasteiger partial charge is 0.336 e. The third kappa shape index (κ3) is 12.4. The second-order valence-corrected chi connectivity index (χ2v) is 11.3. The molecule has 0 radical (unpaired) electrons. The molecule has 0 aromatic heterocycles. The van der Waals surface area contributed by atoms with Crippen LogP contribution in [-0.2, 0) is 6.42 Å². The van der Waals surface area contributed by atoms with E-state index in [2.05, 4.69) is 48.5 Å². The van der Waals surface area contributed by atoms with Gasteiger partial charge in [0.2, 0.25) is 5.75 Å². The molecule has 0 spiro atoms. The molecule has 5 nitrogen and oxygen atoms in total. The van der Waals surface area contributed by atoms with Crippen molar-refractivity contribution in [2.45, 2.75) is 138 Å². The molecule has 1 aromatic rings. The minimum absolute atomic E-state index is 0.274. The van der Waals surface area contributed by atoms with E-state index in [4.69, 9.17) is 14.2 Å². The Bertz CT molecular complexity index is 790. The fourth-order valence-corrected chi connectivity index (χ4v) is 5.04. The number of aromatic carboxylic acids is 1. The fraction of sp³-hybridized carbons (Fsp3) is 0.794. The van der Waals surface area contributed by atoms with E-state index in [9.17, 15) is 9.90 Å². The minimum atomic E-state index is -0.940. The zero-order valence-corrected chi connectivity index (χ0v) is 26.4. The van der Waals surface area contributed by atoms with Gasteiger partial charge >= 0.3 is 5.97 Å². The van der Waals surface area contributed by atoms with Gasteiger partial charge in [0.05, 0.1) is 25.4 Å². The molecular weight excluding hydrogens is 488 g/mol. The summed E-state index contributed by atoms with van der Waals surface area (Å²) in [6, 6.07) is 1.70. The summed E-state index contributed by atoms with van der Waals surface area (Å²) < 4.78 is 19.6. The molecule has 0 saturated heterocycles. The van der Waals surface area contributed by atoms with Gasteiger partial charge in [0.15, 0.2) is 11.5 Å². The van der Waals surface area contributed by atoms with Gasteiger partial charge < -0.3 is 19.3 Å². The van der Waals surface area contributed by atoms with Crippen molar-refractivity contribution in [1.29, 1.82) is 0 Å². The van der Waals surface area contributed by atoms with Crippen molar-refractivity contribution in [1.82, 2.24) is 0 Å². The summed E-state index contributed by atoms with van der Waals surface area (Å²) >= 11 is 0.